The Balaban J connectivity index is 1.60. The van der Waals surface area contributed by atoms with E-state index >= 15 is 0 Å². The lowest BCUT2D eigenvalue weighted by Gasteiger charge is -1.99. The van der Waals surface area contributed by atoms with Crippen LogP contribution in [0.2, 0.25) is 5.02 Å². The Labute approximate surface area is 159 Å². The summed E-state index contributed by atoms with van der Waals surface area (Å²) in [6, 6.07) is 13.1. The fraction of sp³-hybridized carbons (Fsp3) is 0.0526. The Morgan fingerprint density at radius 3 is 2.70 bits per heavy atom. The van der Waals surface area contributed by atoms with Crippen LogP contribution in [0.15, 0.2) is 65.2 Å². The van der Waals surface area contributed by atoms with Gasteiger partial charge in [-0.2, -0.15) is 0 Å². The quantitative estimate of drug-likeness (QED) is 0.265. The summed E-state index contributed by atoms with van der Waals surface area (Å²) in [5.74, 6) is 0.0833. The van der Waals surface area contributed by atoms with Gasteiger partial charge in [-0.15, -0.1) is 0 Å². The number of hydrogen-bond donors (Lipinski definition) is 0. The van der Waals surface area contributed by atoms with E-state index in [2.05, 4.69) is 4.98 Å². The minimum Gasteiger partial charge on any atom is -0.453 e. The summed E-state index contributed by atoms with van der Waals surface area (Å²) >= 11 is 5.84. The number of hydrogen-bond acceptors (Lipinski definition) is 6. The molecule has 0 atom stereocenters. The third-order valence-electron chi connectivity index (χ3n) is 3.55. The molecule has 0 saturated carbocycles. The highest BCUT2D eigenvalue weighted by molar-refractivity contribution is 6.30. The van der Waals surface area contributed by atoms with Crippen molar-refractivity contribution in [3.63, 3.8) is 0 Å². The average molecular weight is 385 g/mol. The number of halogens is 1. The summed E-state index contributed by atoms with van der Waals surface area (Å²) in [5.41, 5.74) is 1.00. The number of nitro benzene ring substituents is 1. The van der Waals surface area contributed by atoms with Gasteiger partial charge in [-0.3, -0.25) is 10.1 Å². The van der Waals surface area contributed by atoms with Gasteiger partial charge in [0.1, 0.15) is 0 Å². The molecular weight excluding hydrogens is 372 g/mol. The lowest BCUT2D eigenvalue weighted by molar-refractivity contribution is -0.385. The lowest BCUT2D eigenvalue weighted by atomic mass is 10.1. The van der Waals surface area contributed by atoms with Crippen molar-refractivity contribution < 1.29 is 18.9 Å². The second-order valence-electron chi connectivity index (χ2n) is 5.38. The van der Waals surface area contributed by atoms with Gasteiger partial charge in [0.05, 0.1) is 16.7 Å². The second kappa shape index (κ2) is 8.29. The number of carbonyl (C=O) groups is 1. The molecule has 3 rings (SSSR count). The summed E-state index contributed by atoms with van der Waals surface area (Å²) in [4.78, 5) is 26.3. The van der Waals surface area contributed by atoms with Crippen LogP contribution >= 0.6 is 11.6 Å². The van der Waals surface area contributed by atoms with Crippen molar-refractivity contribution in [3.05, 3.63) is 87.4 Å². The molecule has 0 spiro atoms. The van der Waals surface area contributed by atoms with Gasteiger partial charge in [-0.05, 0) is 36.4 Å². The second-order valence-corrected chi connectivity index (χ2v) is 5.82. The van der Waals surface area contributed by atoms with Crippen LogP contribution in [0.1, 0.15) is 11.5 Å². The van der Waals surface area contributed by atoms with Gasteiger partial charge in [0.2, 0.25) is 5.89 Å². The number of ether oxygens (including phenoxy) is 1. The molecule has 1 aromatic heterocycles. The number of para-hydroxylation sites is 1. The molecule has 8 heteroatoms. The summed E-state index contributed by atoms with van der Waals surface area (Å²) in [6.45, 7) is -0.159. The van der Waals surface area contributed by atoms with E-state index in [0.29, 0.717) is 16.3 Å². The molecule has 1 heterocycles. The minimum atomic E-state index is -0.667. The average Bonchev–Trinajstić information content (AvgIpc) is 3.14. The lowest BCUT2D eigenvalue weighted by Crippen LogP contribution is -2.01. The number of oxazole rings is 1. The van der Waals surface area contributed by atoms with Crippen LogP contribution < -0.4 is 0 Å². The Hall–Kier alpha value is -3.45. The maximum atomic E-state index is 11.8. The molecule has 3 aromatic rings. The van der Waals surface area contributed by atoms with E-state index in [4.69, 9.17) is 20.8 Å². The number of carbonyl (C=O) groups excluding carboxylic acids is 1. The van der Waals surface area contributed by atoms with Crippen molar-refractivity contribution in [2.75, 3.05) is 0 Å². The topological polar surface area (TPSA) is 95.5 Å². The molecule has 0 saturated heterocycles. The highest BCUT2D eigenvalue weighted by atomic mass is 35.5. The first kappa shape index (κ1) is 18.3. The smallest absolute Gasteiger partial charge is 0.331 e. The molecule has 2 aromatic carbocycles. The van der Waals surface area contributed by atoms with Crippen molar-refractivity contribution in [1.82, 2.24) is 4.98 Å². The number of esters is 1. The van der Waals surface area contributed by atoms with Crippen LogP contribution in [0.25, 0.3) is 17.4 Å². The van der Waals surface area contributed by atoms with Gasteiger partial charge in [0, 0.05) is 22.7 Å². The van der Waals surface area contributed by atoms with Crippen LogP contribution in [-0.2, 0) is 16.1 Å². The van der Waals surface area contributed by atoms with E-state index in [9.17, 15) is 14.9 Å². The predicted molar refractivity (Wildman–Crippen MR) is 98.9 cm³/mol. The third-order valence-corrected chi connectivity index (χ3v) is 3.80. The van der Waals surface area contributed by atoms with Crippen molar-refractivity contribution in [2.45, 2.75) is 6.61 Å². The monoisotopic (exact) mass is 384 g/mol. The van der Waals surface area contributed by atoms with Crippen LogP contribution in [0.4, 0.5) is 5.69 Å². The first-order valence-corrected chi connectivity index (χ1v) is 8.19. The molecule has 27 heavy (non-hydrogen) atoms. The zero-order valence-electron chi connectivity index (χ0n) is 13.9. The SMILES string of the molecule is O=C(/C=C/c1ccccc1[N+](=O)[O-])OCc1ncc(-c2ccc(Cl)cc2)o1. The fourth-order valence-corrected chi connectivity index (χ4v) is 2.38. The predicted octanol–water partition coefficient (Wildman–Crippen LogP) is 4.66. The maximum absolute atomic E-state index is 11.8. The van der Waals surface area contributed by atoms with E-state index in [1.54, 1.807) is 36.4 Å². The normalized spacial score (nSPS) is 10.9. The zero-order valence-corrected chi connectivity index (χ0v) is 14.6. The maximum Gasteiger partial charge on any atom is 0.331 e. The van der Waals surface area contributed by atoms with E-state index < -0.39 is 10.9 Å². The number of aromatic nitrogens is 1. The van der Waals surface area contributed by atoms with Crippen molar-refractivity contribution in [2.24, 2.45) is 0 Å². The number of rotatable bonds is 6. The first-order chi connectivity index (χ1) is 13.0. The Morgan fingerprint density at radius 1 is 1.22 bits per heavy atom. The van der Waals surface area contributed by atoms with Gasteiger partial charge >= 0.3 is 5.97 Å². The third kappa shape index (κ3) is 4.80. The van der Waals surface area contributed by atoms with Gasteiger partial charge in [-0.1, -0.05) is 23.7 Å². The molecular formula is C19H13ClN2O5. The molecule has 0 aliphatic rings. The first-order valence-electron chi connectivity index (χ1n) is 7.82. The van der Waals surface area contributed by atoms with E-state index in [0.717, 1.165) is 11.6 Å². The number of nitrogens with zero attached hydrogens (tertiary/aromatic N) is 2. The summed E-state index contributed by atoms with van der Waals surface area (Å²) in [7, 11) is 0. The zero-order chi connectivity index (χ0) is 19.2. The molecule has 136 valence electrons. The van der Waals surface area contributed by atoms with Crippen molar-refractivity contribution in [3.8, 4) is 11.3 Å². The van der Waals surface area contributed by atoms with Crippen molar-refractivity contribution in [1.29, 1.82) is 0 Å². The molecule has 0 unspecified atom stereocenters. The van der Waals surface area contributed by atoms with Crippen molar-refractivity contribution >= 4 is 29.3 Å². The molecule has 0 bridgehead atoms. The van der Waals surface area contributed by atoms with Crippen LogP contribution in [0.5, 0.6) is 0 Å². The van der Waals surface area contributed by atoms with Gasteiger partial charge < -0.3 is 9.15 Å². The highest BCUT2D eigenvalue weighted by Gasteiger charge is 2.11. The Bertz CT molecular complexity index is 995. The van der Waals surface area contributed by atoms with E-state index in [-0.39, 0.29) is 18.2 Å². The number of benzene rings is 2. The molecule has 0 amide bonds. The van der Waals surface area contributed by atoms with Gasteiger partial charge in [-0.25, -0.2) is 9.78 Å². The summed E-state index contributed by atoms with van der Waals surface area (Å²) in [6.07, 6.45) is 3.97. The molecule has 0 aliphatic carbocycles. The van der Waals surface area contributed by atoms with Gasteiger partial charge in [0.15, 0.2) is 12.4 Å². The largest absolute Gasteiger partial charge is 0.453 e. The van der Waals surface area contributed by atoms with E-state index in [1.807, 2.05) is 0 Å². The van der Waals surface area contributed by atoms with Crippen LogP contribution in [-0.4, -0.2) is 15.9 Å². The summed E-state index contributed by atoms with van der Waals surface area (Å²) in [5, 5.41) is 11.6. The summed E-state index contributed by atoms with van der Waals surface area (Å²) < 4.78 is 10.6. The fourth-order valence-electron chi connectivity index (χ4n) is 2.26. The van der Waals surface area contributed by atoms with Crippen LogP contribution in [0.3, 0.4) is 0 Å². The van der Waals surface area contributed by atoms with Gasteiger partial charge in [0.25, 0.3) is 5.69 Å². The Kier molecular flexibility index (Phi) is 5.63. The minimum absolute atomic E-state index is 0.0955. The molecule has 0 radical (unpaired) electrons. The molecule has 0 N–H and O–H groups in total. The molecule has 7 nitrogen and oxygen atoms in total. The number of nitro groups is 1. The molecule has 0 fully saturated rings. The van der Waals surface area contributed by atoms with Crippen LogP contribution in [0, 0.1) is 10.1 Å². The van der Waals surface area contributed by atoms with E-state index in [1.165, 1.54) is 24.4 Å². The molecule has 0 aliphatic heterocycles. The standard InChI is InChI=1S/C19H13ClN2O5/c20-15-8-5-14(6-9-15)17-11-21-18(27-17)12-26-19(23)10-7-13-3-1-2-4-16(13)22(24)25/h1-11H,12H2/b10-7+. The Morgan fingerprint density at radius 2 is 1.96 bits per heavy atom. The highest BCUT2D eigenvalue weighted by Crippen LogP contribution is 2.23.